The van der Waals surface area contributed by atoms with Crippen LogP contribution in [0, 0.1) is 0 Å². The molecule has 8 heteroatoms. The van der Waals surface area contributed by atoms with E-state index in [2.05, 4.69) is 0 Å². The minimum Gasteiger partial charge on any atom is -0.504 e. The van der Waals surface area contributed by atoms with Crippen molar-refractivity contribution in [1.82, 2.24) is 0 Å². The monoisotopic (exact) mass is 360 g/mol. The topological polar surface area (TPSA) is 145 Å². The number of carboxylic acids is 1. The molecule has 136 valence electrons. The molecule has 0 radical (unpaired) electrons. The van der Waals surface area contributed by atoms with E-state index in [-0.39, 0.29) is 23.7 Å². The zero-order chi connectivity index (χ0) is 19.3. The summed E-state index contributed by atoms with van der Waals surface area (Å²) in [6.45, 7) is 0. The van der Waals surface area contributed by atoms with E-state index in [1.165, 1.54) is 42.5 Å². The largest absolute Gasteiger partial charge is 0.504 e. The Balaban J connectivity index is 2.21. The lowest BCUT2D eigenvalue weighted by Crippen LogP contribution is -2.26. The van der Waals surface area contributed by atoms with Gasteiger partial charge in [-0.25, -0.2) is 4.79 Å². The molecule has 0 spiro atoms. The van der Waals surface area contributed by atoms with Gasteiger partial charge in [0.05, 0.1) is 0 Å². The molecule has 0 saturated heterocycles. The third-order valence-corrected chi connectivity index (χ3v) is 3.44. The maximum absolute atomic E-state index is 11.4. The van der Waals surface area contributed by atoms with Crippen molar-refractivity contribution in [3.8, 4) is 23.0 Å². The van der Waals surface area contributed by atoms with Crippen LogP contribution in [0.25, 0.3) is 6.08 Å². The van der Waals surface area contributed by atoms with Gasteiger partial charge in [-0.3, -0.25) is 4.79 Å². The van der Waals surface area contributed by atoms with Crippen molar-refractivity contribution in [2.24, 2.45) is 0 Å². The van der Waals surface area contributed by atoms with E-state index in [0.717, 1.165) is 0 Å². The Kier molecular flexibility index (Phi) is 5.69. The summed E-state index contributed by atoms with van der Waals surface area (Å²) in [5.41, 5.74) is 0.689. The minimum absolute atomic E-state index is 0.171. The number of rotatable bonds is 7. The lowest BCUT2D eigenvalue weighted by Gasteiger charge is -2.15. The van der Waals surface area contributed by atoms with Gasteiger partial charge in [-0.05, 0) is 41.5 Å². The van der Waals surface area contributed by atoms with Crippen LogP contribution >= 0.6 is 0 Å². The Morgan fingerprint density at radius 1 is 0.962 bits per heavy atom. The molecule has 26 heavy (non-hydrogen) atoms. The molecule has 8 nitrogen and oxygen atoms in total. The molecule has 0 aliphatic heterocycles. The molecule has 2 rings (SSSR count). The molecule has 0 bridgehead atoms. The minimum atomic E-state index is -1.43. The fraction of sp³-hybridized carbons (Fsp3) is 0.111. The van der Waals surface area contributed by atoms with E-state index in [1.54, 1.807) is 0 Å². The van der Waals surface area contributed by atoms with Gasteiger partial charge in [0.25, 0.3) is 0 Å². The average Bonchev–Trinajstić information content (AvgIpc) is 2.59. The van der Waals surface area contributed by atoms with Gasteiger partial charge in [-0.1, -0.05) is 12.1 Å². The van der Waals surface area contributed by atoms with Gasteiger partial charge in [-0.2, -0.15) is 0 Å². The highest BCUT2D eigenvalue weighted by atomic mass is 16.5. The molecule has 0 heterocycles. The van der Waals surface area contributed by atoms with Gasteiger partial charge in [0.2, 0.25) is 0 Å². The highest BCUT2D eigenvalue weighted by Gasteiger charge is 2.21. The number of phenolic OH excluding ortho intramolecular Hbond substituents is 4. The number of aromatic hydroxyl groups is 4. The van der Waals surface area contributed by atoms with Crippen molar-refractivity contribution in [2.45, 2.75) is 12.5 Å². The zero-order valence-corrected chi connectivity index (χ0v) is 13.4. The number of hydrogen-bond acceptors (Lipinski definition) is 7. The molecule has 0 unspecified atom stereocenters. The Labute approximate surface area is 147 Å². The summed E-state index contributed by atoms with van der Waals surface area (Å²) >= 11 is 0. The first-order chi connectivity index (χ1) is 12.3. The molecular formula is C18H16O8. The summed E-state index contributed by atoms with van der Waals surface area (Å²) in [7, 11) is 0. The number of ether oxygens (including phenoxy) is 1. The zero-order valence-electron chi connectivity index (χ0n) is 13.4. The average molecular weight is 360 g/mol. The number of carbonyl (C=O) groups is 2. The van der Waals surface area contributed by atoms with Crippen molar-refractivity contribution < 1.29 is 39.9 Å². The van der Waals surface area contributed by atoms with Crippen molar-refractivity contribution in [2.75, 3.05) is 0 Å². The van der Waals surface area contributed by atoms with Crippen LogP contribution in [0.15, 0.2) is 42.2 Å². The molecule has 0 aliphatic carbocycles. The van der Waals surface area contributed by atoms with Crippen LogP contribution in [0.1, 0.15) is 11.1 Å². The second kappa shape index (κ2) is 7.93. The lowest BCUT2D eigenvalue weighted by molar-refractivity contribution is -0.147. The standard InChI is InChI=1S/C18H16O8/c19-9-12(5-10-1-3-13(20)15(22)6-10)26-17(18(24)25)8-11-2-4-14(21)16(23)7-11/h1-7,9,17,20-23H,8H2,(H,24,25)/t17-/m1/s1. The van der Waals surface area contributed by atoms with E-state index in [4.69, 9.17) is 4.74 Å². The van der Waals surface area contributed by atoms with Gasteiger partial charge in [0.15, 0.2) is 41.1 Å². The molecule has 0 aromatic heterocycles. The van der Waals surface area contributed by atoms with E-state index in [1.807, 2.05) is 0 Å². The number of hydrogen-bond donors (Lipinski definition) is 5. The quantitative estimate of drug-likeness (QED) is 0.217. The maximum Gasteiger partial charge on any atom is 0.345 e. The normalized spacial score (nSPS) is 12.4. The van der Waals surface area contributed by atoms with E-state index in [9.17, 15) is 35.1 Å². The van der Waals surface area contributed by atoms with Crippen LogP contribution in [0.2, 0.25) is 0 Å². The SMILES string of the molecule is O=CC(=Cc1ccc(O)c(O)c1)O[C@H](Cc1ccc(O)c(O)c1)C(=O)O. The highest BCUT2D eigenvalue weighted by Crippen LogP contribution is 2.27. The predicted molar refractivity (Wildman–Crippen MR) is 89.8 cm³/mol. The fourth-order valence-corrected chi connectivity index (χ4v) is 2.14. The molecule has 2 aromatic rings. The summed E-state index contributed by atoms with van der Waals surface area (Å²) in [5, 5.41) is 46.8. The molecule has 0 fully saturated rings. The molecule has 1 atom stereocenters. The second-order valence-corrected chi connectivity index (χ2v) is 5.38. The van der Waals surface area contributed by atoms with E-state index in [0.29, 0.717) is 17.4 Å². The van der Waals surface area contributed by atoms with Gasteiger partial charge in [0, 0.05) is 6.42 Å². The summed E-state index contributed by atoms with van der Waals surface area (Å²) in [6, 6.07) is 7.59. The van der Waals surface area contributed by atoms with Crippen LogP contribution < -0.4 is 0 Å². The third-order valence-electron chi connectivity index (χ3n) is 3.44. The van der Waals surface area contributed by atoms with Crippen LogP contribution in [0.5, 0.6) is 23.0 Å². The van der Waals surface area contributed by atoms with Crippen LogP contribution in [0.4, 0.5) is 0 Å². The molecule has 5 N–H and O–H groups in total. The van der Waals surface area contributed by atoms with Crippen LogP contribution in [-0.2, 0) is 20.7 Å². The Morgan fingerprint density at radius 3 is 2.12 bits per heavy atom. The first-order valence-corrected chi connectivity index (χ1v) is 7.39. The van der Waals surface area contributed by atoms with E-state index >= 15 is 0 Å². The number of benzene rings is 2. The summed E-state index contributed by atoms with van der Waals surface area (Å²) in [5.74, 6) is -3.13. The Bertz CT molecular complexity index is 856. The van der Waals surface area contributed by atoms with Gasteiger partial charge >= 0.3 is 5.97 Å². The molecule has 0 amide bonds. The van der Waals surface area contributed by atoms with Gasteiger partial charge in [0.1, 0.15) is 0 Å². The summed E-state index contributed by atoms with van der Waals surface area (Å²) in [4.78, 5) is 22.6. The molecule has 0 aliphatic rings. The molecule has 0 saturated carbocycles. The van der Waals surface area contributed by atoms with Crippen molar-refractivity contribution in [3.63, 3.8) is 0 Å². The van der Waals surface area contributed by atoms with Crippen molar-refractivity contribution >= 4 is 18.3 Å². The number of carbonyl (C=O) groups excluding carboxylic acids is 1. The number of allylic oxidation sites excluding steroid dienone is 1. The highest BCUT2D eigenvalue weighted by molar-refractivity contribution is 5.81. The predicted octanol–water partition coefficient (Wildman–Crippen LogP) is 1.76. The number of phenols is 4. The number of aliphatic carboxylic acids is 1. The third kappa shape index (κ3) is 4.67. The number of carboxylic acid groups (broad SMARTS) is 1. The van der Waals surface area contributed by atoms with Crippen molar-refractivity contribution in [3.05, 3.63) is 53.3 Å². The summed E-state index contributed by atoms with van der Waals surface area (Å²) in [6.07, 6.45) is -0.0826. The maximum atomic E-state index is 11.4. The Morgan fingerprint density at radius 2 is 1.58 bits per heavy atom. The molecular weight excluding hydrogens is 344 g/mol. The summed E-state index contributed by atoms with van der Waals surface area (Å²) < 4.78 is 5.21. The van der Waals surface area contributed by atoms with Crippen LogP contribution in [-0.4, -0.2) is 43.9 Å². The smallest absolute Gasteiger partial charge is 0.345 e. The van der Waals surface area contributed by atoms with E-state index < -0.39 is 23.6 Å². The molecule has 2 aromatic carbocycles. The number of aldehydes is 1. The second-order valence-electron chi connectivity index (χ2n) is 5.38. The van der Waals surface area contributed by atoms with Gasteiger partial charge in [-0.15, -0.1) is 0 Å². The fourth-order valence-electron chi connectivity index (χ4n) is 2.14. The first kappa shape index (κ1) is 18.7. The lowest BCUT2D eigenvalue weighted by atomic mass is 10.1. The Hall–Kier alpha value is -3.68. The van der Waals surface area contributed by atoms with Crippen LogP contribution in [0.3, 0.4) is 0 Å². The van der Waals surface area contributed by atoms with Gasteiger partial charge < -0.3 is 30.3 Å². The van der Waals surface area contributed by atoms with Crippen molar-refractivity contribution in [1.29, 1.82) is 0 Å². The first-order valence-electron chi connectivity index (χ1n) is 7.39.